The second kappa shape index (κ2) is 8.72. The van der Waals surface area contributed by atoms with Gasteiger partial charge in [0.1, 0.15) is 0 Å². The highest BCUT2D eigenvalue weighted by molar-refractivity contribution is 5.74. The number of hydrogen-bond acceptors (Lipinski definition) is 3. The lowest BCUT2D eigenvalue weighted by atomic mass is 10.2. The summed E-state index contributed by atoms with van der Waals surface area (Å²) >= 11 is 0. The van der Waals surface area contributed by atoms with E-state index in [1.807, 2.05) is 13.8 Å². The molecule has 0 aromatic rings. The largest absolute Gasteiger partial charge is 0.464 e. The first-order valence-electron chi connectivity index (χ1n) is 5.90. The van der Waals surface area contributed by atoms with E-state index in [1.165, 1.54) is 0 Å². The molecule has 0 bridgehead atoms. The van der Waals surface area contributed by atoms with Crippen LogP contribution in [0, 0.1) is 5.92 Å². The van der Waals surface area contributed by atoms with Crippen LogP contribution in [0.3, 0.4) is 0 Å². The van der Waals surface area contributed by atoms with Crippen molar-refractivity contribution in [1.82, 2.24) is 0 Å². The smallest absolute Gasteiger partial charge is 0.335 e. The van der Waals surface area contributed by atoms with Crippen molar-refractivity contribution in [3.05, 3.63) is 0 Å². The molecule has 0 aromatic heterocycles. The van der Waals surface area contributed by atoms with E-state index in [4.69, 9.17) is 9.47 Å². The molecule has 3 nitrogen and oxygen atoms in total. The van der Waals surface area contributed by atoms with Gasteiger partial charge in [-0.2, -0.15) is 0 Å². The van der Waals surface area contributed by atoms with Crippen LogP contribution in [0.15, 0.2) is 0 Å². The molecule has 0 aliphatic rings. The molecule has 0 saturated carbocycles. The van der Waals surface area contributed by atoms with Crippen LogP contribution < -0.4 is 0 Å². The summed E-state index contributed by atoms with van der Waals surface area (Å²) < 4.78 is 10.6. The molecule has 0 spiro atoms. The van der Waals surface area contributed by atoms with Crippen LogP contribution in [0.5, 0.6) is 0 Å². The lowest BCUT2D eigenvalue weighted by molar-refractivity contribution is -0.158. The van der Waals surface area contributed by atoms with Gasteiger partial charge in [0.25, 0.3) is 0 Å². The van der Waals surface area contributed by atoms with E-state index in [0.29, 0.717) is 19.1 Å². The van der Waals surface area contributed by atoms with E-state index < -0.39 is 0 Å². The van der Waals surface area contributed by atoms with Crippen molar-refractivity contribution in [3.8, 4) is 0 Å². The molecule has 0 heterocycles. The van der Waals surface area contributed by atoms with E-state index >= 15 is 0 Å². The summed E-state index contributed by atoms with van der Waals surface area (Å²) in [4.78, 5) is 11.6. The van der Waals surface area contributed by atoms with Crippen molar-refractivity contribution in [2.24, 2.45) is 5.92 Å². The molecule has 0 N–H and O–H groups in total. The molecule has 15 heavy (non-hydrogen) atoms. The third-order valence-electron chi connectivity index (χ3n) is 1.89. The third kappa shape index (κ3) is 7.37. The minimum Gasteiger partial charge on any atom is -0.464 e. The molecule has 0 aromatic carbocycles. The zero-order valence-electron chi connectivity index (χ0n) is 10.4. The molecule has 3 heteroatoms. The van der Waals surface area contributed by atoms with E-state index in [1.54, 1.807) is 0 Å². The van der Waals surface area contributed by atoms with Gasteiger partial charge in [0, 0.05) is 0 Å². The average molecular weight is 216 g/mol. The number of hydrogen-bond donors (Lipinski definition) is 0. The minimum absolute atomic E-state index is 0.209. The van der Waals surface area contributed by atoms with Crippen LogP contribution in [-0.2, 0) is 14.3 Å². The Labute approximate surface area is 93.1 Å². The fraction of sp³-hybridized carbons (Fsp3) is 0.917. The molecule has 1 unspecified atom stereocenters. The fourth-order valence-electron chi connectivity index (χ4n) is 1.14. The quantitative estimate of drug-likeness (QED) is 0.585. The molecule has 0 aliphatic heterocycles. The van der Waals surface area contributed by atoms with Gasteiger partial charge in [0.2, 0.25) is 0 Å². The maximum atomic E-state index is 11.6. The number of carbonyl (C=O) groups excluding carboxylic acids is 1. The van der Waals surface area contributed by atoms with E-state index in [2.05, 4.69) is 13.8 Å². The maximum Gasteiger partial charge on any atom is 0.335 e. The van der Waals surface area contributed by atoms with Crippen LogP contribution in [-0.4, -0.2) is 25.3 Å². The van der Waals surface area contributed by atoms with Gasteiger partial charge in [-0.3, -0.25) is 0 Å². The zero-order valence-corrected chi connectivity index (χ0v) is 10.4. The van der Waals surface area contributed by atoms with Gasteiger partial charge in [0.05, 0.1) is 13.2 Å². The molecular formula is C12H24O3. The van der Waals surface area contributed by atoms with E-state index in [9.17, 15) is 4.79 Å². The highest BCUT2D eigenvalue weighted by Gasteiger charge is 2.19. The summed E-state index contributed by atoms with van der Waals surface area (Å²) in [6, 6.07) is 0. The van der Waals surface area contributed by atoms with Crippen LogP contribution in [0.4, 0.5) is 0 Å². The Morgan fingerprint density at radius 1 is 1.20 bits per heavy atom. The van der Waals surface area contributed by atoms with Crippen LogP contribution in [0.1, 0.15) is 47.0 Å². The Balaban J connectivity index is 3.94. The van der Waals surface area contributed by atoms with Crippen molar-refractivity contribution in [3.63, 3.8) is 0 Å². The topological polar surface area (TPSA) is 35.5 Å². The van der Waals surface area contributed by atoms with Gasteiger partial charge in [-0.15, -0.1) is 0 Å². The summed E-state index contributed by atoms with van der Waals surface area (Å²) in [5, 5.41) is 0. The van der Waals surface area contributed by atoms with Crippen LogP contribution >= 0.6 is 0 Å². The monoisotopic (exact) mass is 216 g/mol. The first-order valence-corrected chi connectivity index (χ1v) is 5.90. The van der Waals surface area contributed by atoms with Crippen molar-refractivity contribution in [1.29, 1.82) is 0 Å². The number of ether oxygens (including phenoxy) is 2. The lowest BCUT2D eigenvalue weighted by Gasteiger charge is -2.17. The fourth-order valence-corrected chi connectivity index (χ4v) is 1.14. The molecule has 0 radical (unpaired) electrons. The normalized spacial score (nSPS) is 12.9. The average Bonchev–Trinajstić information content (AvgIpc) is 2.20. The third-order valence-corrected chi connectivity index (χ3v) is 1.89. The number of esters is 1. The number of rotatable bonds is 8. The Hall–Kier alpha value is -0.570. The van der Waals surface area contributed by atoms with Gasteiger partial charge in [-0.05, 0) is 18.8 Å². The molecule has 1 atom stereocenters. The van der Waals surface area contributed by atoms with Gasteiger partial charge in [0.15, 0.2) is 6.10 Å². The summed E-state index contributed by atoms with van der Waals surface area (Å²) in [6.07, 6.45) is 2.16. The van der Waals surface area contributed by atoms with Gasteiger partial charge < -0.3 is 9.47 Å². The highest BCUT2D eigenvalue weighted by Crippen LogP contribution is 2.07. The summed E-state index contributed by atoms with van der Waals surface area (Å²) in [5.74, 6) is 0.239. The summed E-state index contributed by atoms with van der Waals surface area (Å²) in [7, 11) is 0. The van der Waals surface area contributed by atoms with Crippen molar-refractivity contribution >= 4 is 5.97 Å². The SMILES string of the molecule is CCCOC(=O)C(CCC)OCC(C)C. The van der Waals surface area contributed by atoms with E-state index in [-0.39, 0.29) is 12.1 Å². The van der Waals surface area contributed by atoms with Crippen LogP contribution in [0.2, 0.25) is 0 Å². The predicted molar refractivity (Wildman–Crippen MR) is 60.7 cm³/mol. The molecule has 90 valence electrons. The Bertz CT molecular complexity index is 166. The molecule has 0 rings (SSSR count). The predicted octanol–water partition coefficient (Wildman–Crippen LogP) is 2.78. The van der Waals surface area contributed by atoms with Gasteiger partial charge in [-0.25, -0.2) is 4.79 Å². The second-order valence-corrected chi connectivity index (χ2v) is 4.17. The summed E-state index contributed by atoms with van der Waals surface area (Å²) in [5.41, 5.74) is 0. The molecule has 0 aliphatic carbocycles. The summed E-state index contributed by atoms with van der Waals surface area (Å²) in [6.45, 7) is 9.27. The van der Waals surface area contributed by atoms with Gasteiger partial charge >= 0.3 is 5.97 Å². The maximum absolute atomic E-state index is 11.6. The lowest BCUT2D eigenvalue weighted by Crippen LogP contribution is -2.28. The van der Waals surface area contributed by atoms with E-state index in [0.717, 1.165) is 19.3 Å². The first-order chi connectivity index (χ1) is 7.11. The molecular weight excluding hydrogens is 192 g/mol. The molecule has 0 saturated heterocycles. The highest BCUT2D eigenvalue weighted by atomic mass is 16.6. The molecule has 0 fully saturated rings. The Morgan fingerprint density at radius 3 is 2.33 bits per heavy atom. The zero-order chi connectivity index (χ0) is 11.7. The Morgan fingerprint density at radius 2 is 1.87 bits per heavy atom. The Kier molecular flexibility index (Phi) is 8.38. The number of carbonyl (C=O) groups is 1. The molecule has 0 amide bonds. The van der Waals surface area contributed by atoms with Gasteiger partial charge in [-0.1, -0.05) is 34.1 Å². The van der Waals surface area contributed by atoms with Crippen LogP contribution in [0.25, 0.3) is 0 Å². The first kappa shape index (κ1) is 14.4. The minimum atomic E-state index is -0.371. The van der Waals surface area contributed by atoms with Crippen molar-refractivity contribution < 1.29 is 14.3 Å². The second-order valence-electron chi connectivity index (χ2n) is 4.17. The standard InChI is InChI=1S/C12H24O3/c1-5-7-11(15-9-10(3)4)12(13)14-8-6-2/h10-11H,5-9H2,1-4H3. The van der Waals surface area contributed by atoms with Crippen molar-refractivity contribution in [2.45, 2.75) is 53.1 Å². The van der Waals surface area contributed by atoms with Crippen molar-refractivity contribution in [2.75, 3.05) is 13.2 Å².